The van der Waals surface area contributed by atoms with Gasteiger partial charge in [-0.05, 0) is 6.07 Å². The third-order valence-electron chi connectivity index (χ3n) is 2.22. The quantitative estimate of drug-likeness (QED) is 0.590. The summed E-state index contributed by atoms with van der Waals surface area (Å²) in [6.45, 7) is 0.444. The van der Waals surface area contributed by atoms with Gasteiger partial charge in [-0.25, -0.2) is 0 Å². The maximum absolute atomic E-state index is 10.4. The maximum Gasteiger partial charge on any atom is 0.333 e. The highest BCUT2D eigenvalue weighted by Crippen LogP contribution is 2.06. The molecule has 0 fully saturated rings. The summed E-state index contributed by atoms with van der Waals surface area (Å²) in [6, 6.07) is 9.53. The third kappa shape index (κ3) is 3.45. The van der Waals surface area contributed by atoms with E-state index in [1.54, 1.807) is 10.9 Å². The Morgan fingerprint density at radius 2 is 2.06 bits per heavy atom. The topological polar surface area (TPSA) is 83.2 Å². The SMILES string of the molecule is O=S(=O)(O)NCC[n+]1ccc2ccccc2n1. The average Bonchev–Trinajstić information content (AvgIpc) is 2.27. The maximum atomic E-state index is 10.4. The normalized spacial score (nSPS) is 11.8. The van der Waals surface area contributed by atoms with Gasteiger partial charge in [0.2, 0.25) is 0 Å². The predicted octanol–water partition coefficient (Wildman–Crippen LogP) is -0.0853. The first-order chi connectivity index (χ1) is 8.04. The molecule has 0 amide bonds. The second-order valence-corrected chi connectivity index (χ2v) is 4.75. The summed E-state index contributed by atoms with van der Waals surface area (Å²) in [5.74, 6) is 0. The van der Waals surface area contributed by atoms with Crippen LogP contribution in [-0.2, 0) is 16.8 Å². The molecule has 1 aromatic heterocycles. The van der Waals surface area contributed by atoms with Gasteiger partial charge in [0.05, 0.1) is 6.54 Å². The van der Waals surface area contributed by atoms with Gasteiger partial charge < -0.3 is 0 Å². The van der Waals surface area contributed by atoms with E-state index < -0.39 is 10.3 Å². The summed E-state index contributed by atoms with van der Waals surface area (Å²) in [6.07, 6.45) is 1.76. The number of benzene rings is 1. The molecule has 0 saturated heterocycles. The lowest BCUT2D eigenvalue weighted by atomic mass is 10.2. The minimum Gasteiger partial charge on any atom is -0.273 e. The molecule has 0 radical (unpaired) electrons. The Kier molecular flexibility index (Phi) is 3.32. The Balaban J connectivity index is 2.09. The van der Waals surface area contributed by atoms with Crippen molar-refractivity contribution in [2.24, 2.45) is 0 Å². The third-order valence-corrected chi connectivity index (χ3v) is 2.79. The molecule has 0 aliphatic carbocycles. The van der Waals surface area contributed by atoms with Crippen LogP contribution in [0.2, 0.25) is 0 Å². The van der Waals surface area contributed by atoms with Gasteiger partial charge in [0, 0.05) is 16.6 Å². The van der Waals surface area contributed by atoms with Crippen molar-refractivity contribution in [2.75, 3.05) is 6.54 Å². The van der Waals surface area contributed by atoms with Crippen LogP contribution in [0.1, 0.15) is 0 Å². The van der Waals surface area contributed by atoms with Gasteiger partial charge in [-0.3, -0.25) is 4.55 Å². The van der Waals surface area contributed by atoms with Crippen molar-refractivity contribution >= 4 is 21.2 Å². The number of fused-ring (bicyclic) bond motifs is 1. The number of rotatable bonds is 4. The smallest absolute Gasteiger partial charge is 0.273 e. The van der Waals surface area contributed by atoms with Crippen LogP contribution in [0, 0.1) is 0 Å². The molecule has 2 N–H and O–H groups in total. The van der Waals surface area contributed by atoms with E-state index in [4.69, 9.17) is 4.55 Å². The molecular formula is C10H12N3O3S+. The van der Waals surface area contributed by atoms with Crippen LogP contribution in [0.5, 0.6) is 0 Å². The number of aromatic nitrogens is 2. The molecule has 90 valence electrons. The summed E-state index contributed by atoms with van der Waals surface area (Å²) >= 11 is 0. The van der Waals surface area contributed by atoms with Gasteiger partial charge in [0.1, 0.15) is 5.52 Å². The van der Waals surface area contributed by atoms with E-state index >= 15 is 0 Å². The van der Waals surface area contributed by atoms with Gasteiger partial charge in [-0.2, -0.15) is 13.1 Å². The number of hydrogen-bond donors (Lipinski definition) is 2. The largest absolute Gasteiger partial charge is 0.333 e. The zero-order chi connectivity index (χ0) is 12.3. The Hall–Kier alpha value is -1.57. The molecule has 0 aliphatic heterocycles. The Morgan fingerprint density at radius 3 is 2.82 bits per heavy atom. The first kappa shape index (κ1) is 11.9. The lowest BCUT2D eigenvalue weighted by molar-refractivity contribution is -0.749. The predicted molar refractivity (Wildman–Crippen MR) is 61.5 cm³/mol. The minimum absolute atomic E-state index is 0.0921. The standard InChI is InChI=1S/C10H11N3O3S/c14-17(15,16)11-6-8-13-7-5-9-3-1-2-4-10(9)12-13/h1-5,7,11H,6,8H2/p+1. The van der Waals surface area contributed by atoms with E-state index in [0.717, 1.165) is 10.9 Å². The summed E-state index contributed by atoms with van der Waals surface area (Å²) < 4.78 is 33.0. The zero-order valence-corrected chi connectivity index (χ0v) is 9.76. The van der Waals surface area contributed by atoms with Crippen molar-refractivity contribution in [3.63, 3.8) is 0 Å². The highest BCUT2D eigenvalue weighted by Gasteiger charge is 2.07. The van der Waals surface area contributed by atoms with E-state index in [-0.39, 0.29) is 6.54 Å². The van der Waals surface area contributed by atoms with Gasteiger partial charge in [0.15, 0.2) is 12.7 Å². The van der Waals surface area contributed by atoms with Gasteiger partial charge in [-0.15, -0.1) is 0 Å². The summed E-state index contributed by atoms with van der Waals surface area (Å²) in [5.41, 5.74) is 0.835. The lowest BCUT2D eigenvalue weighted by Gasteiger charge is -1.98. The highest BCUT2D eigenvalue weighted by atomic mass is 32.2. The Morgan fingerprint density at radius 1 is 1.29 bits per heavy atom. The lowest BCUT2D eigenvalue weighted by Crippen LogP contribution is -2.43. The van der Waals surface area contributed by atoms with Crippen LogP contribution in [-0.4, -0.2) is 24.6 Å². The number of nitrogens with one attached hydrogen (secondary N) is 1. The van der Waals surface area contributed by atoms with E-state index in [1.165, 1.54) is 0 Å². The number of hydrogen-bond acceptors (Lipinski definition) is 3. The van der Waals surface area contributed by atoms with E-state index in [2.05, 4.69) is 5.10 Å². The molecule has 0 unspecified atom stereocenters. The minimum atomic E-state index is -4.13. The summed E-state index contributed by atoms with van der Waals surface area (Å²) in [7, 11) is -4.13. The fraction of sp³-hybridized carbons (Fsp3) is 0.200. The number of nitrogens with zero attached hydrogens (tertiary/aromatic N) is 2. The van der Waals surface area contributed by atoms with Gasteiger partial charge in [0.25, 0.3) is 0 Å². The molecule has 17 heavy (non-hydrogen) atoms. The first-order valence-corrected chi connectivity index (χ1v) is 6.46. The molecule has 0 saturated carbocycles. The van der Waals surface area contributed by atoms with Crippen molar-refractivity contribution in [1.82, 2.24) is 9.82 Å². The molecule has 6 nitrogen and oxygen atoms in total. The Labute approximate surface area is 98.8 Å². The van der Waals surface area contributed by atoms with E-state index in [9.17, 15) is 8.42 Å². The van der Waals surface area contributed by atoms with Gasteiger partial charge in [-0.1, -0.05) is 22.9 Å². The molecule has 0 aliphatic rings. The van der Waals surface area contributed by atoms with Crippen molar-refractivity contribution in [2.45, 2.75) is 6.54 Å². The molecule has 0 bridgehead atoms. The van der Waals surface area contributed by atoms with Crippen LogP contribution in [0.4, 0.5) is 0 Å². The fourth-order valence-electron chi connectivity index (χ4n) is 1.47. The van der Waals surface area contributed by atoms with Crippen molar-refractivity contribution in [3.8, 4) is 0 Å². The zero-order valence-electron chi connectivity index (χ0n) is 8.94. The van der Waals surface area contributed by atoms with Crippen LogP contribution in [0.3, 0.4) is 0 Å². The molecule has 1 heterocycles. The molecule has 7 heteroatoms. The fourth-order valence-corrected chi connectivity index (χ4v) is 1.82. The van der Waals surface area contributed by atoms with E-state index in [1.807, 2.05) is 35.1 Å². The molecule has 0 atom stereocenters. The Bertz CT molecular complexity index is 627. The molecular weight excluding hydrogens is 242 g/mol. The van der Waals surface area contributed by atoms with Crippen molar-refractivity contribution in [3.05, 3.63) is 36.5 Å². The molecule has 2 aromatic rings. The van der Waals surface area contributed by atoms with Crippen LogP contribution >= 0.6 is 0 Å². The summed E-state index contributed by atoms with van der Waals surface area (Å²) in [4.78, 5) is 0. The van der Waals surface area contributed by atoms with Crippen LogP contribution < -0.4 is 9.40 Å². The average molecular weight is 254 g/mol. The van der Waals surface area contributed by atoms with Crippen molar-refractivity contribution in [1.29, 1.82) is 0 Å². The monoisotopic (exact) mass is 254 g/mol. The second-order valence-electron chi connectivity index (χ2n) is 3.51. The highest BCUT2D eigenvalue weighted by molar-refractivity contribution is 7.83. The molecule has 2 rings (SSSR count). The second kappa shape index (κ2) is 4.74. The van der Waals surface area contributed by atoms with Gasteiger partial charge >= 0.3 is 10.3 Å². The van der Waals surface area contributed by atoms with E-state index in [0.29, 0.717) is 6.54 Å². The molecule has 1 aromatic carbocycles. The first-order valence-electron chi connectivity index (χ1n) is 5.02. The van der Waals surface area contributed by atoms with Crippen LogP contribution in [0.25, 0.3) is 10.9 Å². The van der Waals surface area contributed by atoms with Crippen molar-refractivity contribution < 1.29 is 17.7 Å². The van der Waals surface area contributed by atoms with Crippen LogP contribution in [0.15, 0.2) is 36.5 Å². The molecule has 0 spiro atoms. The summed E-state index contributed by atoms with van der Waals surface area (Å²) in [5, 5.41) is 5.31.